The highest BCUT2D eigenvalue weighted by atomic mass is 14.9. The first-order valence-corrected chi connectivity index (χ1v) is 8.94. The van der Waals surface area contributed by atoms with Gasteiger partial charge in [0.25, 0.3) is 0 Å². The molecule has 2 N–H and O–H groups in total. The second-order valence-electron chi connectivity index (χ2n) is 6.66. The largest absolute Gasteiger partial charge is 0.338 e. The lowest BCUT2D eigenvalue weighted by Gasteiger charge is -2.04. The van der Waals surface area contributed by atoms with Crippen LogP contribution >= 0.6 is 0 Å². The molecule has 0 aliphatic carbocycles. The van der Waals surface area contributed by atoms with Crippen molar-refractivity contribution in [3.63, 3.8) is 0 Å². The zero-order chi connectivity index (χ0) is 18.2. The number of nitrogens with one attached hydrogen (secondary N) is 2. The molecule has 0 aliphatic heterocycles. The number of nitrogens with zero attached hydrogens (tertiary/aromatic N) is 2. The maximum atomic E-state index is 4.78. The normalized spacial score (nSPS) is 11.1. The Balaban J connectivity index is 1.61. The molecule has 0 atom stereocenters. The van der Waals surface area contributed by atoms with Gasteiger partial charge in [0.1, 0.15) is 11.6 Å². The first-order valence-electron chi connectivity index (χ1n) is 8.94. The number of hydrogen-bond donors (Lipinski definition) is 2. The molecule has 0 radical (unpaired) electrons. The molecule has 0 aliphatic rings. The van der Waals surface area contributed by atoms with Crippen LogP contribution < -0.4 is 0 Å². The minimum atomic E-state index is 0.834. The van der Waals surface area contributed by atoms with Crippen molar-refractivity contribution in [3.05, 3.63) is 84.6 Å². The molecule has 0 fully saturated rings. The molecule has 5 rings (SSSR count). The Kier molecular flexibility index (Phi) is 3.61. The van der Waals surface area contributed by atoms with Gasteiger partial charge in [-0.2, -0.15) is 0 Å². The van der Waals surface area contributed by atoms with Crippen LogP contribution in [0.3, 0.4) is 0 Å². The second-order valence-corrected chi connectivity index (χ2v) is 6.66. The number of fused-ring (bicyclic) bond motifs is 1. The second kappa shape index (κ2) is 6.25. The minimum absolute atomic E-state index is 0.834. The van der Waals surface area contributed by atoms with Gasteiger partial charge in [0.15, 0.2) is 0 Å². The standard InChI is InChI=1S/C23H18N4/c1-15-11-12-19-20(13-15)26-23(25-19)18-10-6-5-9-17(18)22-24-14-21(27-22)16-7-3-2-4-8-16/h2-14H,1H3,(H,24,27)(H,25,26). The molecule has 2 aromatic heterocycles. The van der Waals surface area contributed by atoms with E-state index in [2.05, 4.69) is 58.3 Å². The summed E-state index contributed by atoms with van der Waals surface area (Å²) in [6.45, 7) is 2.09. The highest BCUT2D eigenvalue weighted by Crippen LogP contribution is 2.31. The molecule has 2 heterocycles. The van der Waals surface area contributed by atoms with E-state index >= 15 is 0 Å². The molecular formula is C23H18N4. The Morgan fingerprint density at radius 1 is 0.741 bits per heavy atom. The van der Waals surface area contributed by atoms with E-state index in [0.29, 0.717) is 0 Å². The number of hydrogen-bond acceptors (Lipinski definition) is 2. The summed E-state index contributed by atoms with van der Waals surface area (Å²) in [7, 11) is 0. The van der Waals surface area contributed by atoms with E-state index in [4.69, 9.17) is 4.98 Å². The van der Waals surface area contributed by atoms with Gasteiger partial charge in [0.2, 0.25) is 0 Å². The Morgan fingerprint density at radius 2 is 1.48 bits per heavy atom. The number of aryl methyl sites for hydroxylation is 1. The van der Waals surface area contributed by atoms with Crippen molar-refractivity contribution in [2.24, 2.45) is 0 Å². The zero-order valence-electron chi connectivity index (χ0n) is 14.9. The van der Waals surface area contributed by atoms with Gasteiger partial charge >= 0.3 is 0 Å². The molecular weight excluding hydrogens is 332 g/mol. The fourth-order valence-corrected chi connectivity index (χ4v) is 3.37. The van der Waals surface area contributed by atoms with E-state index in [1.807, 2.05) is 42.6 Å². The van der Waals surface area contributed by atoms with Crippen LogP contribution in [0.25, 0.3) is 45.1 Å². The highest BCUT2D eigenvalue weighted by Gasteiger charge is 2.14. The Labute approximate surface area is 157 Å². The lowest BCUT2D eigenvalue weighted by atomic mass is 10.1. The summed E-state index contributed by atoms with van der Waals surface area (Å²) in [5.74, 6) is 1.69. The Hall–Kier alpha value is -3.66. The highest BCUT2D eigenvalue weighted by molar-refractivity contribution is 5.85. The van der Waals surface area contributed by atoms with E-state index in [1.54, 1.807) is 0 Å². The fraction of sp³-hybridized carbons (Fsp3) is 0.0435. The van der Waals surface area contributed by atoms with Gasteiger partial charge in [-0.3, -0.25) is 0 Å². The van der Waals surface area contributed by atoms with Gasteiger partial charge in [0.05, 0.1) is 22.9 Å². The van der Waals surface area contributed by atoms with Gasteiger partial charge in [-0.05, 0) is 30.2 Å². The third kappa shape index (κ3) is 2.81. The lowest BCUT2D eigenvalue weighted by molar-refractivity contribution is 1.28. The molecule has 27 heavy (non-hydrogen) atoms. The molecule has 0 bridgehead atoms. The number of imidazole rings is 2. The maximum Gasteiger partial charge on any atom is 0.139 e. The number of H-pyrrole nitrogens is 2. The van der Waals surface area contributed by atoms with Crippen molar-refractivity contribution < 1.29 is 0 Å². The molecule has 130 valence electrons. The van der Waals surface area contributed by atoms with Crippen LogP contribution in [0.4, 0.5) is 0 Å². The average Bonchev–Trinajstić information content (AvgIpc) is 3.35. The molecule has 4 heteroatoms. The van der Waals surface area contributed by atoms with E-state index < -0.39 is 0 Å². The molecule has 0 saturated heterocycles. The van der Waals surface area contributed by atoms with Crippen molar-refractivity contribution in [2.75, 3.05) is 0 Å². The maximum absolute atomic E-state index is 4.78. The third-order valence-corrected chi connectivity index (χ3v) is 4.74. The summed E-state index contributed by atoms with van der Waals surface area (Å²) >= 11 is 0. The van der Waals surface area contributed by atoms with Crippen LogP contribution in [0.2, 0.25) is 0 Å². The van der Waals surface area contributed by atoms with Gasteiger partial charge in [-0.25, -0.2) is 9.97 Å². The molecule has 4 nitrogen and oxygen atoms in total. The lowest BCUT2D eigenvalue weighted by Crippen LogP contribution is -1.88. The quantitative estimate of drug-likeness (QED) is 0.445. The predicted molar refractivity (Wildman–Crippen MR) is 109 cm³/mol. The van der Waals surface area contributed by atoms with Crippen molar-refractivity contribution in [2.45, 2.75) is 6.92 Å². The predicted octanol–water partition coefficient (Wildman–Crippen LogP) is 5.60. The van der Waals surface area contributed by atoms with Gasteiger partial charge in [-0.1, -0.05) is 60.7 Å². The average molecular weight is 350 g/mol. The van der Waals surface area contributed by atoms with Crippen LogP contribution in [0, 0.1) is 6.92 Å². The molecule has 5 aromatic rings. The number of benzene rings is 3. The topological polar surface area (TPSA) is 57.4 Å². The minimum Gasteiger partial charge on any atom is -0.338 e. The smallest absolute Gasteiger partial charge is 0.139 e. The first kappa shape index (κ1) is 15.6. The Morgan fingerprint density at radius 3 is 2.30 bits per heavy atom. The first-order chi connectivity index (χ1) is 13.3. The zero-order valence-corrected chi connectivity index (χ0v) is 14.9. The summed E-state index contributed by atoms with van der Waals surface area (Å²) in [6.07, 6.45) is 1.88. The summed E-state index contributed by atoms with van der Waals surface area (Å²) in [5.41, 5.74) is 7.40. The van der Waals surface area contributed by atoms with Crippen molar-refractivity contribution >= 4 is 11.0 Å². The summed E-state index contributed by atoms with van der Waals surface area (Å²) < 4.78 is 0. The monoisotopic (exact) mass is 350 g/mol. The van der Waals surface area contributed by atoms with Gasteiger partial charge in [0, 0.05) is 11.1 Å². The van der Waals surface area contributed by atoms with E-state index in [1.165, 1.54) is 5.56 Å². The molecule has 3 aromatic carbocycles. The van der Waals surface area contributed by atoms with E-state index in [9.17, 15) is 0 Å². The number of aromatic nitrogens is 4. The van der Waals surface area contributed by atoms with Crippen LogP contribution in [-0.4, -0.2) is 19.9 Å². The summed E-state index contributed by atoms with van der Waals surface area (Å²) in [4.78, 5) is 16.3. The van der Waals surface area contributed by atoms with Crippen LogP contribution in [0.15, 0.2) is 79.0 Å². The van der Waals surface area contributed by atoms with Crippen LogP contribution in [-0.2, 0) is 0 Å². The summed E-state index contributed by atoms with van der Waals surface area (Å²) in [5, 5.41) is 0. The number of aromatic amines is 2. The third-order valence-electron chi connectivity index (χ3n) is 4.74. The van der Waals surface area contributed by atoms with E-state index in [-0.39, 0.29) is 0 Å². The van der Waals surface area contributed by atoms with Crippen LogP contribution in [0.5, 0.6) is 0 Å². The van der Waals surface area contributed by atoms with E-state index in [0.717, 1.165) is 45.1 Å². The van der Waals surface area contributed by atoms with Crippen LogP contribution in [0.1, 0.15) is 5.56 Å². The molecule has 0 spiro atoms. The SMILES string of the molecule is Cc1ccc2nc(-c3ccccc3-c3ncc(-c4ccccc4)[nH]3)[nH]c2c1. The number of rotatable bonds is 3. The van der Waals surface area contributed by atoms with Crippen molar-refractivity contribution in [3.8, 4) is 34.0 Å². The van der Waals surface area contributed by atoms with Crippen molar-refractivity contribution in [1.29, 1.82) is 0 Å². The Bertz CT molecular complexity index is 1230. The van der Waals surface area contributed by atoms with Crippen molar-refractivity contribution in [1.82, 2.24) is 19.9 Å². The van der Waals surface area contributed by atoms with Gasteiger partial charge < -0.3 is 9.97 Å². The summed E-state index contributed by atoms with van der Waals surface area (Å²) in [6, 6.07) is 24.7. The molecule has 0 unspecified atom stereocenters. The molecule has 0 saturated carbocycles. The van der Waals surface area contributed by atoms with Gasteiger partial charge in [-0.15, -0.1) is 0 Å². The molecule has 0 amide bonds. The fourth-order valence-electron chi connectivity index (χ4n) is 3.37.